The van der Waals surface area contributed by atoms with Gasteiger partial charge in [0.25, 0.3) is 0 Å². The van der Waals surface area contributed by atoms with Gasteiger partial charge >= 0.3 is 0 Å². The number of methoxy groups -OCH3 is 1. The van der Waals surface area contributed by atoms with Crippen LogP contribution in [0.2, 0.25) is 0 Å². The zero-order chi connectivity index (χ0) is 13.1. The Morgan fingerprint density at radius 2 is 2.11 bits per heavy atom. The molecule has 0 amide bonds. The molecule has 1 heterocycles. The van der Waals surface area contributed by atoms with Crippen molar-refractivity contribution in [1.29, 1.82) is 0 Å². The van der Waals surface area contributed by atoms with E-state index in [0.717, 1.165) is 15.8 Å². The molecule has 0 radical (unpaired) electrons. The number of rotatable bonds is 3. The zero-order valence-electron chi connectivity index (χ0n) is 9.98. The number of hydrogen-bond donors (Lipinski definition) is 1. The van der Waals surface area contributed by atoms with Crippen molar-refractivity contribution in [3.8, 4) is 17.4 Å². The molecular formula is C12H12BrN3O2. The Kier molecular flexibility index (Phi) is 3.66. The van der Waals surface area contributed by atoms with Gasteiger partial charge in [-0.3, -0.25) is 0 Å². The molecule has 1 aromatic carbocycles. The third kappa shape index (κ3) is 2.70. The highest BCUT2D eigenvalue weighted by Crippen LogP contribution is 2.33. The maximum absolute atomic E-state index is 5.69. The summed E-state index contributed by atoms with van der Waals surface area (Å²) >= 11 is 3.41. The summed E-state index contributed by atoms with van der Waals surface area (Å²) in [5.74, 6) is 2.00. The second-order valence-electron chi connectivity index (χ2n) is 3.61. The van der Waals surface area contributed by atoms with Gasteiger partial charge in [0.15, 0.2) is 0 Å². The molecule has 0 aliphatic carbocycles. The minimum absolute atomic E-state index is 0.181. The van der Waals surface area contributed by atoms with Gasteiger partial charge in [0.1, 0.15) is 11.5 Å². The second-order valence-corrected chi connectivity index (χ2v) is 4.47. The Labute approximate surface area is 113 Å². The van der Waals surface area contributed by atoms with Gasteiger partial charge in [-0.1, -0.05) is 0 Å². The van der Waals surface area contributed by atoms with E-state index in [1.165, 1.54) is 0 Å². The third-order valence-electron chi connectivity index (χ3n) is 2.29. The molecule has 2 rings (SSSR count). The summed E-state index contributed by atoms with van der Waals surface area (Å²) in [6.45, 7) is 1.85. The first-order valence-electron chi connectivity index (χ1n) is 5.20. The van der Waals surface area contributed by atoms with Crippen molar-refractivity contribution in [2.45, 2.75) is 6.92 Å². The molecule has 0 saturated heterocycles. The van der Waals surface area contributed by atoms with E-state index >= 15 is 0 Å². The number of nitrogens with two attached hydrogens (primary N) is 1. The lowest BCUT2D eigenvalue weighted by molar-refractivity contribution is 0.411. The molecule has 0 atom stereocenters. The lowest BCUT2D eigenvalue weighted by atomic mass is 10.3. The molecule has 18 heavy (non-hydrogen) atoms. The van der Waals surface area contributed by atoms with Gasteiger partial charge in [-0.05, 0) is 41.1 Å². The van der Waals surface area contributed by atoms with E-state index in [0.29, 0.717) is 11.6 Å². The second kappa shape index (κ2) is 5.22. The summed E-state index contributed by atoms with van der Waals surface area (Å²) < 4.78 is 11.6. The Bertz CT molecular complexity index is 575. The van der Waals surface area contributed by atoms with Crippen molar-refractivity contribution in [2.24, 2.45) is 0 Å². The molecule has 0 aliphatic heterocycles. The first-order chi connectivity index (χ1) is 8.60. The highest BCUT2D eigenvalue weighted by molar-refractivity contribution is 9.10. The van der Waals surface area contributed by atoms with Crippen molar-refractivity contribution in [1.82, 2.24) is 9.97 Å². The smallest absolute Gasteiger partial charge is 0.227 e. The largest absolute Gasteiger partial charge is 0.497 e. The van der Waals surface area contributed by atoms with E-state index < -0.39 is 0 Å². The molecule has 0 unspecified atom stereocenters. The van der Waals surface area contributed by atoms with Gasteiger partial charge in [0, 0.05) is 11.8 Å². The number of benzene rings is 1. The zero-order valence-corrected chi connectivity index (χ0v) is 11.6. The predicted octanol–water partition coefficient (Wildman–Crippen LogP) is 2.93. The summed E-state index contributed by atoms with van der Waals surface area (Å²) in [5, 5.41) is 0. The average Bonchev–Trinajstić information content (AvgIpc) is 2.36. The topological polar surface area (TPSA) is 70.3 Å². The lowest BCUT2D eigenvalue weighted by Crippen LogP contribution is -1.99. The molecule has 0 saturated carbocycles. The van der Waals surface area contributed by atoms with Gasteiger partial charge < -0.3 is 15.2 Å². The Hall–Kier alpha value is -1.82. The van der Waals surface area contributed by atoms with Crippen LogP contribution in [-0.2, 0) is 0 Å². The van der Waals surface area contributed by atoms with Crippen molar-refractivity contribution in [3.63, 3.8) is 0 Å². The molecule has 1 aromatic heterocycles. The molecule has 2 N–H and O–H groups in total. The van der Waals surface area contributed by atoms with Crippen molar-refractivity contribution < 1.29 is 9.47 Å². The standard InChI is InChI=1S/C12H12BrN3O2/c1-7-6-15-12(14)16-11(7)18-10-4-3-8(17-2)5-9(10)13/h3-6H,1-2H3,(H2,14,15,16). The summed E-state index contributed by atoms with van der Waals surface area (Å²) in [4.78, 5) is 7.93. The number of halogens is 1. The van der Waals surface area contributed by atoms with E-state index in [1.807, 2.05) is 13.0 Å². The van der Waals surface area contributed by atoms with Crippen LogP contribution >= 0.6 is 15.9 Å². The Morgan fingerprint density at radius 3 is 2.78 bits per heavy atom. The molecule has 94 valence electrons. The van der Waals surface area contributed by atoms with Crippen LogP contribution in [0.4, 0.5) is 5.95 Å². The molecule has 0 bridgehead atoms. The highest BCUT2D eigenvalue weighted by Gasteiger charge is 2.08. The highest BCUT2D eigenvalue weighted by atomic mass is 79.9. The number of nitrogens with zero attached hydrogens (tertiary/aromatic N) is 2. The van der Waals surface area contributed by atoms with E-state index in [9.17, 15) is 0 Å². The van der Waals surface area contributed by atoms with E-state index in [1.54, 1.807) is 25.4 Å². The molecule has 5 nitrogen and oxygen atoms in total. The van der Waals surface area contributed by atoms with Crippen LogP contribution < -0.4 is 15.2 Å². The van der Waals surface area contributed by atoms with Gasteiger partial charge in [0.2, 0.25) is 11.8 Å². The quantitative estimate of drug-likeness (QED) is 0.944. The summed E-state index contributed by atoms with van der Waals surface area (Å²) in [7, 11) is 1.61. The van der Waals surface area contributed by atoms with Crippen LogP contribution in [0.25, 0.3) is 0 Å². The Balaban J connectivity index is 2.31. The van der Waals surface area contributed by atoms with Crippen LogP contribution in [0.1, 0.15) is 5.56 Å². The number of hydrogen-bond acceptors (Lipinski definition) is 5. The van der Waals surface area contributed by atoms with Crippen LogP contribution in [0.15, 0.2) is 28.9 Å². The summed E-state index contributed by atoms with van der Waals surface area (Å²) in [6.07, 6.45) is 1.62. The van der Waals surface area contributed by atoms with Crippen molar-refractivity contribution in [2.75, 3.05) is 12.8 Å². The van der Waals surface area contributed by atoms with Gasteiger partial charge in [-0.2, -0.15) is 4.98 Å². The van der Waals surface area contributed by atoms with Crippen LogP contribution in [0.3, 0.4) is 0 Å². The fourth-order valence-corrected chi connectivity index (χ4v) is 1.78. The molecule has 2 aromatic rings. The third-order valence-corrected chi connectivity index (χ3v) is 2.91. The fraction of sp³-hybridized carbons (Fsp3) is 0.167. The van der Waals surface area contributed by atoms with E-state index in [-0.39, 0.29) is 5.95 Å². The predicted molar refractivity (Wildman–Crippen MR) is 71.9 cm³/mol. The average molecular weight is 310 g/mol. The summed E-state index contributed by atoms with van der Waals surface area (Å²) in [6, 6.07) is 5.41. The van der Waals surface area contributed by atoms with E-state index in [4.69, 9.17) is 15.2 Å². The first kappa shape index (κ1) is 12.6. The molecule has 0 spiro atoms. The van der Waals surface area contributed by atoms with Crippen molar-refractivity contribution >= 4 is 21.9 Å². The maximum atomic E-state index is 5.69. The van der Waals surface area contributed by atoms with E-state index in [2.05, 4.69) is 25.9 Å². The van der Waals surface area contributed by atoms with Crippen LogP contribution in [0, 0.1) is 6.92 Å². The molecule has 6 heteroatoms. The minimum Gasteiger partial charge on any atom is -0.497 e. The fourth-order valence-electron chi connectivity index (χ4n) is 1.34. The number of aryl methyl sites for hydroxylation is 1. The van der Waals surface area contributed by atoms with Gasteiger partial charge in [-0.15, -0.1) is 0 Å². The monoisotopic (exact) mass is 309 g/mol. The molecule has 0 aliphatic rings. The number of aromatic nitrogens is 2. The molecule has 0 fully saturated rings. The van der Waals surface area contributed by atoms with Crippen LogP contribution in [-0.4, -0.2) is 17.1 Å². The molecular weight excluding hydrogens is 298 g/mol. The van der Waals surface area contributed by atoms with Crippen molar-refractivity contribution in [3.05, 3.63) is 34.4 Å². The SMILES string of the molecule is COc1ccc(Oc2nc(N)ncc2C)c(Br)c1. The lowest BCUT2D eigenvalue weighted by Gasteiger charge is -2.10. The normalized spacial score (nSPS) is 10.2. The minimum atomic E-state index is 0.181. The Morgan fingerprint density at radius 1 is 1.33 bits per heavy atom. The number of anilines is 1. The number of nitrogen functional groups attached to an aromatic ring is 1. The number of ether oxygens (including phenoxy) is 2. The first-order valence-corrected chi connectivity index (χ1v) is 6.00. The summed E-state index contributed by atoms with van der Waals surface area (Å²) in [5.41, 5.74) is 6.34. The van der Waals surface area contributed by atoms with Gasteiger partial charge in [0.05, 0.1) is 11.6 Å². The maximum Gasteiger partial charge on any atom is 0.227 e. The van der Waals surface area contributed by atoms with Crippen LogP contribution in [0.5, 0.6) is 17.4 Å². The van der Waals surface area contributed by atoms with Gasteiger partial charge in [-0.25, -0.2) is 4.98 Å².